The number of benzene rings is 1. The van der Waals surface area contributed by atoms with E-state index in [1.165, 1.54) is 12.1 Å². The van der Waals surface area contributed by atoms with Crippen molar-refractivity contribution in [2.45, 2.75) is 45.2 Å². The molecule has 0 spiro atoms. The first-order valence-corrected chi connectivity index (χ1v) is 8.38. The van der Waals surface area contributed by atoms with E-state index < -0.39 is 0 Å². The Kier molecular flexibility index (Phi) is 5.70. The highest BCUT2D eigenvalue weighted by Gasteiger charge is 2.29. The summed E-state index contributed by atoms with van der Waals surface area (Å²) in [5.41, 5.74) is 0.919. The van der Waals surface area contributed by atoms with Crippen molar-refractivity contribution in [3.05, 3.63) is 27.4 Å². The largest absolute Gasteiger partial charge is 0.364 e. The van der Waals surface area contributed by atoms with Crippen LogP contribution in [0.2, 0.25) is 5.02 Å². The molecule has 2 atom stereocenters. The van der Waals surface area contributed by atoms with E-state index in [-0.39, 0.29) is 5.82 Å². The number of anilines is 1. The van der Waals surface area contributed by atoms with Gasteiger partial charge in [-0.3, -0.25) is 0 Å². The summed E-state index contributed by atoms with van der Waals surface area (Å²) in [5.74, 6) is -0.307. The van der Waals surface area contributed by atoms with Crippen molar-refractivity contribution in [3.63, 3.8) is 0 Å². The molecule has 0 bridgehead atoms. The van der Waals surface area contributed by atoms with Crippen LogP contribution in [0.1, 0.15) is 33.1 Å². The van der Waals surface area contributed by atoms with Gasteiger partial charge in [-0.2, -0.15) is 0 Å². The molecule has 5 heteroatoms. The number of rotatable bonds is 4. The quantitative estimate of drug-likeness (QED) is 0.841. The van der Waals surface area contributed by atoms with Crippen LogP contribution in [0.3, 0.4) is 0 Å². The van der Waals surface area contributed by atoms with Crippen molar-refractivity contribution in [2.24, 2.45) is 0 Å². The number of hydrogen-bond acceptors (Lipinski definition) is 2. The normalized spacial score (nSPS) is 23.1. The molecule has 1 aliphatic rings. The van der Waals surface area contributed by atoms with Gasteiger partial charge >= 0.3 is 0 Å². The average molecular weight is 364 g/mol. The zero-order chi connectivity index (χ0) is 14.7. The first kappa shape index (κ1) is 16.1. The van der Waals surface area contributed by atoms with Gasteiger partial charge in [0.15, 0.2) is 0 Å². The Morgan fingerprint density at radius 3 is 2.80 bits per heavy atom. The molecule has 0 aromatic heterocycles. The minimum atomic E-state index is -0.307. The smallest absolute Gasteiger partial charge is 0.125 e. The minimum absolute atomic E-state index is 0.307. The molecule has 20 heavy (non-hydrogen) atoms. The fourth-order valence-electron chi connectivity index (χ4n) is 2.85. The average Bonchev–Trinajstić information content (AvgIpc) is 2.38. The molecule has 0 amide bonds. The molecule has 1 heterocycles. The molecule has 1 aromatic carbocycles. The summed E-state index contributed by atoms with van der Waals surface area (Å²) < 4.78 is 14.1. The number of nitrogens with zero attached hydrogens (tertiary/aromatic N) is 1. The van der Waals surface area contributed by atoms with E-state index in [1.807, 2.05) is 0 Å². The van der Waals surface area contributed by atoms with Gasteiger partial charge in [0.2, 0.25) is 0 Å². The molecular formula is C15H21BrClFN2. The molecule has 112 valence electrons. The molecule has 1 N–H and O–H groups in total. The van der Waals surface area contributed by atoms with Crippen LogP contribution in [0.25, 0.3) is 0 Å². The third-order valence-corrected chi connectivity index (χ3v) is 4.77. The van der Waals surface area contributed by atoms with Gasteiger partial charge in [0.05, 0.1) is 10.7 Å². The first-order chi connectivity index (χ1) is 9.56. The fourth-order valence-corrected chi connectivity index (χ4v) is 3.94. The highest BCUT2D eigenvalue weighted by Crippen LogP contribution is 2.37. The van der Waals surface area contributed by atoms with Crippen LogP contribution in [0.5, 0.6) is 0 Å². The van der Waals surface area contributed by atoms with Gasteiger partial charge in [-0.15, -0.1) is 0 Å². The maximum absolute atomic E-state index is 13.4. The topological polar surface area (TPSA) is 15.3 Å². The summed E-state index contributed by atoms with van der Waals surface area (Å²) in [6, 6.07) is 3.74. The summed E-state index contributed by atoms with van der Waals surface area (Å²) in [4.78, 5) is 2.32. The maximum atomic E-state index is 13.4. The Morgan fingerprint density at radius 2 is 2.20 bits per heavy atom. The van der Waals surface area contributed by atoms with Crippen molar-refractivity contribution >= 4 is 33.2 Å². The lowest BCUT2D eigenvalue weighted by Gasteiger charge is -2.42. The van der Waals surface area contributed by atoms with Crippen molar-refractivity contribution in [3.8, 4) is 0 Å². The van der Waals surface area contributed by atoms with Gasteiger partial charge in [-0.05, 0) is 40.9 Å². The van der Waals surface area contributed by atoms with Gasteiger partial charge in [0.1, 0.15) is 5.82 Å². The third-order valence-electron chi connectivity index (χ3n) is 3.88. The first-order valence-electron chi connectivity index (χ1n) is 7.21. The van der Waals surface area contributed by atoms with Crippen LogP contribution in [0, 0.1) is 5.82 Å². The summed E-state index contributed by atoms with van der Waals surface area (Å²) >= 11 is 9.75. The van der Waals surface area contributed by atoms with Crippen LogP contribution in [-0.4, -0.2) is 25.2 Å². The molecular weight excluding hydrogens is 343 g/mol. The highest BCUT2D eigenvalue weighted by atomic mass is 79.9. The van der Waals surface area contributed by atoms with E-state index in [2.05, 4.69) is 40.0 Å². The second-order valence-electron chi connectivity index (χ2n) is 5.33. The fraction of sp³-hybridized carbons (Fsp3) is 0.600. The van der Waals surface area contributed by atoms with E-state index in [1.54, 1.807) is 0 Å². The lowest BCUT2D eigenvalue weighted by molar-refractivity contribution is 0.369. The molecule has 2 unspecified atom stereocenters. The second-order valence-corrected chi connectivity index (χ2v) is 6.59. The maximum Gasteiger partial charge on any atom is 0.125 e. The second kappa shape index (κ2) is 7.10. The molecule has 0 radical (unpaired) electrons. The molecule has 1 saturated heterocycles. The van der Waals surface area contributed by atoms with E-state index in [0.29, 0.717) is 17.1 Å². The summed E-state index contributed by atoms with van der Waals surface area (Å²) in [7, 11) is 0. The number of halogens is 3. The Hall–Kier alpha value is -0.320. The summed E-state index contributed by atoms with van der Waals surface area (Å²) in [6.07, 6.45) is 3.33. The molecule has 2 rings (SSSR count). The van der Waals surface area contributed by atoms with Gasteiger partial charge in [-0.1, -0.05) is 31.9 Å². The van der Waals surface area contributed by atoms with Crippen LogP contribution in [0.15, 0.2) is 16.6 Å². The molecule has 1 fully saturated rings. The van der Waals surface area contributed by atoms with Crippen molar-refractivity contribution < 1.29 is 4.39 Å². The van der Waals surface area contributed by atoms with Crippen LogP contribution in [0.4, 0.5) is 10.1 Å². The lowest BCUT2D eigenvalue weighted by Crippen LogP contribution is -2.56. The lowest BCUT2D eigenvalue weighted by atomic mass is 10.0. The predicted octanol–water partition coefficient (Wildman–Crippen LogP) is 4.60. The molecule has 2 nitrogen and oxygen atoms in total. The van der Waals surface area contributed by atoms with Crippen molar-refractivity contribution in [2.75, 3.05) is 18.0 Å². The van der Waals surface area contributed by atoms with Gasteiger partial charge < -0.3 is 10.2 Å². The molecule has 1 aliphatic heterocycles. The van der Waals surface area contributed by atoms with Crippen LogP contribution >= 0.6 is 27.5 Å². The van der Waals surface area contributed by atoms with E-state index in [9.17, 15) is 4.39 Å². The Bertz CT molecular complexity index is 446. The Labute approximate surface area is 133 Å². The van der Waals surface area contributed by atoms with Crippen LogP contribution < -0.4 is 10.2 Å². The zero-order valence-corrected chi connectivity index (χ0v) is 14.3. The SMILES string of the molecule is CCCC1CN(c2c(Cl)cc(F)cc2Br)C(CC)CN1. The van der Waals surface area contributed by atoms with Crippen molar-refractivity contribution in [1.82, 2.24) is 5.32 Å². The number of piperazine rings is 1. The summed E-state index contributed by atoms with van der Waals surface area (Å²) in [6.45, 7) is 6.22. The van der Waals surface area contributed by atoms with E-state index >= 15 is 0 Å². The monoisotopic (exact) mass is 362 g/mol. The zero-order valence-electron chi connectivity index (χ0n) is 11.9. The Balaban J connectivity index is 2.31. The summed E-state index contributed by atoms with van der Waals surface area (Å²) in [5, 5.41) is 4.08. The van der Waals surface area contributed by atoms with E-state index in [4.69, 9.17) is 11.6 Å². The molecule has 0 aliphatic carbocycles. The third kappa shape index (κ3) is 3.46. The Morgan fingerprint density at radius 1 is 1.45 bits per heavy atom. The van der Waals surface area contributed by atoms with Crippen LogP contribution in [-0.2, 0) is 0 Å². The molecule has 1 aromatic rings. The predicted molar refractivity (Wildman–Crippen MR) is 87.2 cm³/mol. The highest BCUT2D eigenvalue weighted by molar-refractivity contribution is 9.10. The molecule has 0 saturated carbocycles. The number of hydrogen-bond donors (Lipinski definition) is 1. The minimum Gasteiger partial charge on any atom is -0.364 e. The standard InChI is InChI=1S/C15H21BrClFN2/c1-3-5-11-9-20(12(4-2)8-19-11)15-13(16)6-10(18)7-14(15)17/h6-7,11-12,19H,3-5,8-9H2,1-2H3. The van der Waals surface area contributed by atoms with Gasteiger partial charge in [0.25, 0.3) is 0 Å². The number of nitrogens with one attached hydrogen (secondary N) is 1. The van der Waals surface area contributed by atoms with Gasteiger partial charge in [0, 0.05) is 29.6 Å². The van der Waals surface area contributed by atoms with Gasteiger partial charge in [-0.25, -0.2) is 4.39 Å². The van der Waals surface area contributed by atoms with E-state index in [0.717, 1.165) is 42.5 Å². The van der Waals surface area contributed by atoms with Crippen molar-refractivity contribution in [1.29, 1.82) is 0 Å².